The van der Waals surface area contributed by atoms with Crippen LogP contribution in [-0.2, 0) is 6.61 Å². The summed E-state index contributed by atoms with van der Waals surface area (Å²) in [5.74, 6) is 0.826. The molecular formula is C24H25N3O. The molecule has 1 aliphatic heterocycles. The summed E-state index contributed by atoms with van der Waals surface area (Å²) in [7, 11) is 0. The Hall–Kier alpha value is -3.27. The Morgan fingerprint density at radius 3 is 2.71 bits per heavy atom. The predicted molar refractivity (Wildman–Crippen MR) is 115 cm³/mol. The lowest BCUT2D eigenvalue weighted by atomic mass is 10.2. The number of H-pyrrole nitrogens is 2. The quantitative estimate of drug-likeness (QED) is 0.491. The van der Waals surface area contributed by atoms with Gasteiger partial charge in [0.2, 0.25) is 0 Å². The van der Waals surface area contributed by atoms with Gasteiger partial charge in [-0.2, -0.15) is 0 Å². The van der Waals surface area contributed by atoms with Crippen LogP contribution in [0.3, 0.4) is 0 Å². The Morgan fingerprint density at radius 2 is 1.93 bits per heavy atom. The Kier molecular flexibility index (Phi) is 5.57. The Labute approximate surface area is 165 Å². The van der Waals surface area contributed by atoms with Crippen LogP contribution in [0.25, 0.3) is 17.5 Å². The molecule has 0 aliphatic carbocycles. The molecule has 0 saturated heterocycles. The van der Waals surface area contributed by atoms with Crippen LogP contribution in [0.5, 0.6) is 5.75 Å². The molecule has 3 aromatic rings. The van der Waals surface area contributed by atoms with Crippen LogP contribution in [0.2, 0.25) is 0 Å². The monoisotopic (exact) mass is 371 g/mol. The van der Waals surface area contributed by atoms with Crippen molar-refractivity contribution >= 4 is 11.8 Å². The average molecular weight is 371 g/mol. The number of unbranched alkanes of at least 4 members (excludes halogenated alkanes) is 1. The summed E-state index contributed by atoms with van der Waals surface area (Å²) in [5, 5.41) is 0. The minimum absolute atomic E-state index is 0.528. The Balaban J connectivity index is 1.59. The van der Waals surface area contributed by atoms with Crippen molar-refractivity contribution in [1.29, 1.82) is 0 Å². The zero-order chi connectivity index (χ0) is 19.2. The first-order valence-electron chi connectivity index (χ1n) is 9.82. The first-order chi connectivity index (χ1) is 13.8. The number of aliphatic imine (C=N–C) groups is 1. The molecule has 4 heteroatoms. The lowest BCUT2D eigenvalue weighted by molar-refractivity contribution is 0.306. The highest BCUT2D eigenvalue weighted by Crippen LogP contribution is 2.30. The zero-order valence-corrected chi connectivity index (χ0v) is 16.1. The largest absolute Gasteiger partial charge is 0.487 e. The molecule has 142 valence electrons. The summed E-state index contributed by atoms with van der Waals surface area (Å²) >= 11 is 0. The highest BCUT2D eigenvalue weighted by molar-refractivity contribution is 5.99. The maximum absolute atomic E-state index is 6.14. The number of allylic oxidation sites excluding steroid dienone is 2. The number of hydrogen-bond donors (Lipinski definition) is 2. The number of ether oxygens (including phenoxy) is 1. The summed E-state index contributed by atoms with van der Waals surface area (Å²) in [6.45, 7) is 2.73. The van der Waals surface area contributed by atoms with E-state index in [2.05, 4.69) is 47.3 Å². The van der Waals surface area contributed by atoms with Crippen LogP contribution in [-0.4, -0.2) is 15.7 Å². The highest BCUT2D eigenvalue weighted by atomic mass is 16.5. The molecule has 28 heavy (non-hydrogen) atoms. The van der Waals surface area contributed by atoms with Gasteiger partial charge >= 0.3 is 0 Å². The third kappa shape index (κ3) is 4.34. The highest BCUT2D eigenvalue weighted by Gasteiger charge is 2.12. The molecule has 0 atom stereocenters. The van der Waals surface area contributed by atoms with E-state index in [1.807, 2.05) is 42.6 Å². The lowest BCUT2D eigenvalue weighted by Crippen LogP contribution is -1.95. The van der Waals surface area contributed by atoms with Crippen molar-refractivity contribution in [2.24, 2.45) is 4.99 Å². The second kappa shape index (κ2) is 8.61. The predicted octanol–water partition coefficient (Wildman–Crippen LogP) is 6.13. The molecule has 0 spiro atoms. The van der Waals surface area contributed by atoms with Crippen LogP contribution in [0.1, 0.15) is 37.4 Å². The second-order valence-electron chi connectivity index (χ2n) is 6.93. The van der Waals surface area contributed by atoms with E-state index >= 15 is 0 Å². The zero-order valence-electron chi connectivity index (χ0n) is 16.1. The fourth-order valence-electron chi connectivity index (χ4n) is 3.20. The molecule has 1 aliphatic rings. The van der Waals surface area contributed by atoms with E-state index in [1.165, 1.54) is 12.8 Å². The fraction of sp³-hybridized carbons (Fsp3) is 0.208. The first kappa shape index (κ1) is 18.1. The third-order valence-corrected chi connectivity index (χ3v) is 4.73. The van der Waals surface area contributed by atoms with Gasteiger partial charge in [0.15, 0.2) is 0 Å². The molecule has 0 unspecified atom stereocenters. The van der Waals surface area contributed by atoms with Crippen molar-refractivity contribution in [3.8, 4) is 17.1 Å². The van der Waals surface area contributed by atoms with Gasteiger partial charge in [-0.15, -0.1) is 0 Å². The van der Waals surface area contributed by atoms with Gasteiger partial charge in [-0.3, -0.25) is 4.99 Å². The van der Waals surface area contributed by atoms with E-state index in [0.29, 0.717) is 6.61 Å². The van der Waals surface area contributed by atoms with Crippen LogP contribution in [0.15, 0.2) is 77.6 Å². The molecule has 2 N–H and O–H groups in total. The molecule has 0 amide bonds. The number of benzene rings is 1. The summed E-state index contributed by atoms with van der Waals surface area (Å²) in [6, 6.07) is 16.3. The minimum Gasteiger partial charge on any atom is -0.487 e. The molecule has 0 saturated carbocycles. The fourth-order valence-corrected chi connectivity index (χ4v) is 3.20. The van der Waals surface area contributed by atoms with Crippen LogP contribution < -0.4 is 4.74 Å². The van der Waals surface area contributed by atoms with Gasteiger partial charge in [0.25, 0.3) is 0 Å². The van der Waals surface area contributed by atoms with Crippen LogP contribution in [0, 0.1) is 0 Å². The van der Waals surface area contributed by atoms with Crippen LogP contribution >= 0.6 is 0 Å². The maximum atomic E-state index is 6.14. The van der Waals surface area contributed by atoms with Crippen molar-refractivity contribution in [2.45, 2.75) is 32.8 Å². The number of nitrogens with zero attached hydrogens (tertiary/aromatic N) is 1. The summed E-state index contributed by atoms with van der Waals surface area (Å²) < 4.78 is 6.14. The maximum Gasteiger partial charge on any atom is 0.145 e. The summed E-state index contributed by atoms with van der Waals surface area (Å²) in [4.78, 5) is 11.4. The minimum atomic E-state index is 0.528. The van der Waals surface area contributed by atoms with E-state index in [9.17, 15) is 0 Å². The van der Waals surface area contributed by atoms with Crippen molar-refractivity contribution in [2.75, 3.05) is 0 Å². The topological polar surface area (TPSA) is 53.2 Å². The molecule has 0 radical (unpaired) electrons. The number of nitrogens with one attached hydrogen (secondary N) is 2. The smallest absolute Gasteiger partial charge is 0.145 e. The van der Waals surface area contributed by atoms with Crippen molar-refractivity contribution in [1.82, 2.24) is 9.97 Å². The molecule has 0 bridgehead atoms. The van der Waals surface area contributed by atoms with Gasteiger partial charge in [0.05, 0.1) is 22.8 Å². The van der Waals surface area contributed by atoms with E-state index in [0.717, 1.165) is 46.2 Å². The number of aromatic amines is 2. The van der Waals surface area contributed by atoms with E-state index in [-0.39, 0.29) is 0 Å². The molecule has 1 aromatic carbocycles. The molecule has 4 nitrogen and oxygen atoms in total. The number of rotatable bonds is 8. The van der Waals surface area contributed by atoms with Gasteiger partial charge in [-0.1, -0.05) is 43.7 Å². The first-order valence-corrected chi connectivity index (χ1v) is 9.82. The normalized spacial score (nSPS) is 14.6. The average Bonchev–Trinajstić information content (AvgIpc) is 3.47. The third-order valence-electron chi connectivity index (χ3n) is 4.73. The molecular weight excluding hydrogens is 346 g/mol. The van der Waals surface area contributed by atoms with E-state index < -0.39 is 0 Å². The van der Waals surface area contributed by atoms with E-state index in [4.69, 9.17) is 9.73 Å². The van der Waals surface area contributed by atoms with Gasteiger partial charge in [0, 0.05) is 18.0 Å². The van der Waals surface area contributed by atoms with Crippen LogP contribution in [0.4, 0.5) is 0 Å². The number of aromatic nitrogens is 2. The number of hydrogen-bond acceptors (Lipinski definition) is 2. The lowest BCUT2D eigenvalue weighted by Gasteiger charge is -2.05. The van der Waals surface area contributed by atoms with Crippen molar-refractivity contribution in [3.63, 3.8) is 0 Å². The molecule has 3 heterocycles. The van der Waals surface area contributed by atoms with Gasteiger partial charge in [-0.05, 0) is 48.8 Å². The summed E-state index contributed by atoms with van der Waals surface area (Å²) in [5.41, 5.74) is 6.21. The SMILES string of the molecule is CCCCC1=NC(=Cc2[nH]c(-c3ccc[nH]3)cc2OCc2ccccc2)C=C1. The van der Waals surface area contributed by atoms with E-state index in [1.54, 1.807) is 0 Å². The molecule has 0 fully saturated rings. The van der Waals surface area contributed by atoms with Crippen molar-refractivity contribution in [3.05, 3.63) is 83.8 Å². The molecule has 4 rings (SSSR count). The van der Waals surface area contributed by atoms with Gasteiger partial charge in [-0.25, -0.2) is 0 Å². The molecule has 2 aromatic heterocycles. The Morgan fingerprint density at radius 1 is 1.04 bits per heavy atom. The standard InChI is InChI=1S/C24H25N3O/c1-2-3-10-19-12-13-20(26-19)15-23-24(28-17-18-8-5-4-6-9-18)16-22(27-23)21-11-7-14-25-21/h4-9,11-16,25,27H,2-3,10,17H2,1H3. The van der Waals surface area contributed by atoms with Crippen molar-refractivity contribution < 1.29 is 4.74 Å². The second-order valence-corrected chi connectivity index (χ2v) is 6.93. The van der Waals surface area contributed by atoms with Gasteiger partial charge < -0.3 is 14.7 Å². The Bertz CT molecular complexity index is 992. The van der Waals surface area contributed by atoms with Gasteiger partial charge in [0.1, 0.15) is 12.4 Å². The summed E-state index contributed by atoms with van der Waals surface area (Å²) in [6.07, 6.45) is 11.5.